The molecule has 68 valence electrons. The van der Waals surface area contributed by atoms with E-state index >= 15 is 0 Å². The van der Waals surface area contributed by atoms with Crippen LogP contribution in [0.2, 0.25) is 0 Å². The standard InChI is InChI=1S/C10H12N2O/c1-2-8-3-5-9(6-4-8)7-12-10(11)13/h2-6H,1,7H2,(H3,11,12,13). The molecule has 0 atom stereocenters. The van der Waals surface area contributed by atoms with Gasteiger partial charge >= 0.3 is 6.03 Å². The SMILES string of the molecule is C=Cc1ccc(CNC(N)=O)cc1. The van der Waals surface area contributed by atoms with Gasteiger partial charge in [0.05, 0.1) is 0 Å². The number of primary amides is 1. The fraction of sp³-hybridized carbons (Fsp3) is 0.100. The molecule has 1 aromatic carbocycles. The Morgan fingerprint density at radius 3 is 2.54 bits per heavy atom. The highest BCUT2D eigenvalue weighted by atomic mass is 16.2. The summed E-state index contributed by atoms with van der Waals surface area (Å²) in [6.45, 7) is 4.11. The number of carbonyl (C=O) groups excluding carboxylic acids is 1. The van der Waals surface area contributed by atoms with Gasteiger partial charge in [-0.25, -0.2) is 4.79 Å². The predicted molar refractivity (Wildman–Crippen MR) is 53.0 cm³/mol. The third-order valence-electron chi connectivity index (χ3n) is 1.68. The lowest BCUT2D eigenvalue weighted by Gasteiger charge is -2.01. The molecule has 0 spiro atoms. The van der Waals surface area contributed by atoms with Crippen molar-refractivity contribution < 1.29 is 4.79 Å². The molecule has 13 heavy (non-hydrogen) atoms. The Balaban J connectivity index is 2.59. The molecule has 1 rings (SSSR count). The molecule has 3 nitrogen and oxygen atoms in total. The van der Waals surface area contributed by atoms with E-state index in [2.05, 4.69) is 11.9 Å². The Morgan fingerprint density at radius 2 is 2.08 bits per heavy atom. The first-order chi connectivity index (χ1) is 6.22. The van der Waals surface area contributed by atoms with Gasteiger partial charge in [-0.3, -0.25) is 0 Å². The molecule has 0 saturated heterocycles. The highest BCUT2D eigenvalue weighted by molar-refractivity contribution is 5.71. The van der Waals surface area contributed by atoms with Crippen molar-refractivity contribution in [1.82, 2.24) is 5.32 Å². The highest BCUT2D eigenvalue weighted by Crippen LogP contribution is 2.04. The van der Waals surface area contributed by atoms with Crippen LogP contribution in [0.1, 0.15) is 11.1 Å². The van der Waals surface area contributed by atoms with Gasteiger partial charge in [0.1, 0.15) is 0 Å². The summed E-state index contributed by atoms with van der Waals surface area (Å²) in [6, 6.07) is 7.21. The minimum atomic E-state index is -0.507. The van der Waals surface area contributed by atoms with Crippen LogP contribution in [0.25, 0.3) is 6.08 Å². The Labute approximate surface area is 77.3 Å². The second-order valence-electron chi connectivity index (χ2n) is 2.66. The molecule has 0 fully saturated rings. The highest BCUT2D eigenvalue weighted by Gasteiger charge is 1.93. The number of benzene rings is 1. The fourth-order valence-electron chi connectivity index (χ4n) is 0.961. The van der Waals surface area contributed by atoms with E-state index in [-0.39, 0.29) is 0 Å². The number of nitrogens with one attached hydrogen (secondary N) is 1. The molecule has 2 amide bonds. The van der Waals surface area contributed by atoms with Crippen LogP contribution >= 0.6 is 0 Å². The maximum absolute atomic E-state index is 10.4. The molecule has 0 heterocycles. The maximum Gasteiger partial charge on any atom is 0.312 e. The van der Waals surface area contributed by atoms with Crippen LogP contribution in [-0.4, -0.2) is 6.03 Å². The van der Waals surface area contributed by atoms with Crippen molar-refractivity contribution >= 4 is 12.1 Å². The Morgan fingerprint density at radius 1 is 1.46 bits per heavy atom. The van der Waals surface area contributed by atoms with Crippen LogP contribution in [0.5, 0.6) is 0 Å². The third kappa shape index (κ3) is 2.99. The number of hydrogen-bond donors (Lipinski definition) is 2. The van der Waals surface area contributed by atoms with E-state index in [0.717, 1.165) is 11.1 Å². The molecule has 1 aromatic rings. The normalized spacial score (nSPS) is 9.23. The fourth-order valence-corrected chi connectivity index (χ4v) is 0.961. The van der Waals surface area contributed by atoms with Gasteiger partial charge in [-0.2, -0.15) is 0 Å². The Bertz CT molecular complexity index is 303. The molecular formula is C10H12N2O. The molecule has 0 saturated carbocycles. The van der Waals surface area contributed by atoms with Gasteiger partial charge in [0.15, 0.2) is 0 Å². The summed E-state index contributed by atoms with van der Waals surface area (Å²) in [4.78, 5) is 10.4. The van der Waals surface area contributed by atoms with Crippen LogP contribution < -0.4 is 11.1 Å². The van der Waals surface area contributed by atoms with Crippen molar-refractivity contribution in [1.29, 1.82) is 0 Å². The van der Waals surface area contributed by atoms with Gasteiger partial charge in [-0.1, -0.05) is 36.9 Å². The number of hydrogen-bond acceptors (Lipinski definition) is 1. The lowest BCUT2D eigenvalue weighted by Crippen LogP contribution is -2.28. The van der Waals surface area contributed by atoms with Gasteiger partial charge in [-0.05, 0) is 11.1 Å². The Kier molecular flexibility index (Phi) is 3.09. The minimum Gasteiger partial charge on any atom is -0.352 e. The van der Waals surface area contributed by atoms with E-state index in [1.54, 1.807) is 6.08 Å². The number of nitrogens with two attached hydrogens (primary N) is 1. The molecule has 0 aliphatic rings. The molecule has 0 aromatic heterocycles. The molecule has 0 radical (unpaired) electrons. The molecule has 0 unspecified atom stereocenters. The molecular weight excluding hydrogens is 164 g/mol. The van der Waals surface area contributed by atoms with E-state index in [1.807, 2.05) is 24.3 Å². The zero-order valence-electron chi connectivity index (χ0n) is 7.29. The first-order valence-corrected chi connectivity index (χ1v) is 3.97. The van der Waals surface area contributed by atoms with Crippen LogP contribution in [0, 0.1) is 0 Å². The van der Waals surface area contributed by atoms with Crippen LogP contribution in [0.4, 0.5) is 4.79 Å². The lowest BCUT2D eigenvalue weighted by atomic mass is 10.1. The summed E-state index contributed by atoms with van der Waals surface area (Å²) < 4.78 is 0. The van der Waals surface area contributed by atoms with Crippen molar-refractivity contribution in [2.45, 2.75) is 6.54 Å². The number of urea groups is 1. The van der Waals surface area contributed by atoms with E-state index in [1.165, 1.54) is 0 Å². The molecule has 3 N–H and O–H groups in total. The summed E-state index contributed by atoms with van der Waals surface area (Å²) in [5.74, 6) is 0. The number of carbonyl (C=O) groups is 1. The van der Waals surface area contributed by atoms with Crippen molar-refractivity contribution in [3.63, 3.8) is 0 Å². The minimum absolute atomic E-state index is 0.465. The molecule has 0 aliphatic heterocycles. The first kappa shape index (κ1) is 9.32. The molecule has 3 heteroatoms. The summed E-state index contributed by atoms with van der Waals surface area (Å²) in [5.41, 5.74) is 7.01. The van der Waals surface area contributed by atoms with Gasteiger partial charge in [0.25, 0.3) is 0 Å². The van der Waals surface area contributed by atoms with Crippen LogP contribution in [0.15, 0.2) is 30.8 Å². The van der Waals surface area contributed by atoms with E-state index in [9.17, 15) is 4.79 Å². The van der Waals surface area contributed by atoms with Crippen molar-refractivity contribution in [3.8, 4) is 0 Å². The summed E-state index contributed by atoms with van der Waals surface area (Å²) in [5, 5.41) is 2.51. The maximum atomic E-state index is 10.4. The average molecular weight is 176 g/mol. The zero-order chi connectivity index (χ0) is 9.68. The van der Waals surface area contributed by atoms with Gasteiger partial charge in [-0.15, -0.1) is 0 Å². The van der Waals surface area contributed by atoms with Crippen molar-refractivity contribution in [2.75, 3.05) is 0 Å². The van der Waals surface area contributed by atoms with E-state index in [4.69, 9.17) is 5.73 Å². The predicted octanol–water partition coefficient (Wildman–Crippen LogP) is 1.50. The number of rotatable bonds is 3. The van der Waals surface area contributed by atoms with Crippen molar-refractivity contribution in [3.05, 3.63) is 42.0 Å². The third-order valence-corrected chi connectivity index (χ3v) is 1.68. The average Bonchev–Trinajstić information content (AvgIpc) is 2.15. The molecule has 0 bridgehead atoms. The second kappa shape index (κ2) is 4.30. The first-order valence-electron chi connectivity index (χ1n) is 3.97. The molecule has 0 aliphatic carbocycles. The zero-order valence-corrected chi connectivity index (χ0v) is 7.29. The summed E-state index contributed by atoms with van der Waals surface area (Å²) in [7, 11) is 0. The number of amides is 2. The van der Waals surface area contributed by atoms with Gasteiger partial charge in [0, 0.05) is 6.54 Å². The second-order valence-corrected chi connectivity index (χ2v) is 2.66. The Hall–Kier alpha value is -1.77. The lowest BCUT2D eigenvalue weighted by molar-refractivity contribution is 0.248. The summed E-state index contributed by atoms with van der Waals surface area (Å²) >= 11 is 0. The summed E-state index contributed by atoms with van der Waals surface area (Å²) in [6.07, 6.45) is 1.77. The van der Waals surface area contributed by atoms with Crippen LogP contribution in [-0.2, 0) is 6.54 Å². The topological polar surface area (TPSA) is 55.1 Å². The van der Waals surface area contributed by atoms with Crippen LogP contribution in [0.3, 0.4) is 0 Å². The quantitative estimate of drug-likeness (QED) is 0.720. The monoisotopic (exact) mass is 176 g/mol. The van der Waals surface area contributed by atoms with E-state index in [0.29, 0.717) is 6.54 Å². The largest absolute Gasteiger partial charge is 0.352 e. The van der Waals surface area contributed by atoms with Crippen molar-refractivity contribution in [2.24, 2.45) is 5.73 Å². The van der Waals surface area contributed by atoms with Gasteiger partial charge < -0.3 is 11.1 Å². The van der Waals surface area contributed by atoms with Gasteiger partial charge in [0.2, 0.25) is 0 Å². The smallest absolute Gasteiger partial charge is 0.312 e. The van der Waals surface area contributed by atoms with E-state index < -0.39 is 6.03 Å².